The number of fused-ring (bicyclic) bond motifs is 1. The lowest BCUT2D eigenvalue weighted by Gasteiger charge is -2.27. The number of benzene rings is 1. The van der Waals surface area contributed by atoms with E-state index in [4.69, 9.17) is 0 Å². The number of thioether (sulfide) groups is 1. The molecule has 126 valence electrons. The van der Waals surface area contributed by atoms with Crippen LogP contribution in [0.15, 0.2) is 29.3 Å². The van der Waals surface area contributed by atoms with Crippen LogP contribution in [0.2, 0.25) is 0 Å². The lowest BCUT2D eigenvalue weighted by Crippen LogP contribution is -2.39. The number of amidine groups is 1. The number of anilines is 1. The second-order valence-electron chi connectivity index (χ2n) is 5.47. The quantitative estimate of drug-likeness (QED) is 0.810. The third kappa shape index (κ3) is 3.21. The van der Waals surface area contributed by atoms with Crippen LogP contribution in [0, 0.1) is 0 Å². The van der Waals surface area contributed by atoms with Crippen molar-refractivity contribution in [3.63, 3.8) is 0 Å². The summed E-state index contributed by atoms with van der Waals surface area (Å²) in [4.78, 5) is 6.08. The molecule has 0 N–H and O–H groups in total. The standard InChI is InChI=1S/C14H15F3N2O2S2/c1-2-22-13-18-11-7-23(20,21)8-12(11)19(13)10-5-3-4-9(6-10)14(15,16)17/h3-6,11-12H,2,7-8H2,1H3/t11-,12+/m0/s1. The number of sulfone groups is 1. The minimum Gasteiger partial charge on any atom is -0.315 e. The Hall–Kier alpha value is -1.22. The number of alkyl halides is 3. The summed E-state index contributed by atoms with van der Waals surface area (Å²) in [6.45, 7) is 1.92. The van der Waals surface area contributed by atoms with Crippen molar-refractivity contribution in [3.8, 4) is 0 Å². The van der Waals surface area contributed by atoms with Crippen molar-refractivity contribution in [2.75, 3.05) is 22.2 Å². The van der Waals surface area contributed by atoms with E-state index >= 15 is 0 Å². The summed E-state index contributed by atoms with van der Waals surface area (Å²) in [5.74, 6) is 0.590. The van der Waals surface area contributed by atoms with Gasteiger partial charge in [0, 0.05) is 5.69 Å². The van der Waals surface area contributed by atoms with Crippen molar-refractivity contribution in [1.29, 1.82) is 0 Å². The first-order valence-electron chi connectivity index (χ1n) is 7.09. The van der Waals surface area contributed by atoms with Crippen LogP contribution in [-0.4, -0.2) is 42.9 Å². The molecule has 1 fully saturated rings. The fraction of sp³-hybridized carbons (Fsp3) is 0.500. The van der Waals surface area contributed by atoms with Gasteiger partial charge in [0.1, 0.15) is 0 Å². The maximum absolute atomic E-state index is 12.9. The van der Waals surface area contributed by atoms with Crippen molar-refractivity contribution < 1.29 is 21.6 Å². The summed E-state index contributed by atoms with van der Waals surface area (Å²) in [6.07, 6.45) is -4.44. The Labute approximate surface area is 136 Å². The van der Waals surface area contributed by atoms with E-state index in [0.717, 1.165) is 12.1 Å². The average Bonchev–Trinajstić information content (AvgIpc) is 2.89. The van der Waals surface area contributed by atoms with Crippen LogP contribution in [0.25, 0.3) is 0 Å². The van der Waals surface area contributed by atoms with Gasteiger partial charge in [-0.15, -0.1) is 0 Å². The van der Waals surface area contributed by atoms with Gasteiger partial charge in [0.15, 0.2) is 15.0 Å². The summed E-state index contributed by atoms with van der Waals surface area (Å²) in [6, 6.07) is 4.14. The molecule has 4 nitrogen and oxygen atoms in total. The van der Waals surface area contributed by atoms with Gasteiger partial charge in [0.25, 0.3) is 0 Å². The molecule has 1 aromatic carbocycles. The molecule has 0 amide bonds. The number of hydrogen-bond donors (Lipinski definition) is 0. The number of rotatable bonds is 2. The normalized spacial score (nSPS) is 26.3. The summed E-state index contributed by atoms with van der Waals surface area (Å²) in [7, 11) is -3.20. The monoisotopic (exact) mass is 364 g/mol. The number of halogens is 3. The highest BCUT2D eigenvalue weighted by Gasteiger charge is 2.47. The molecule has 0 bridgehead atoms. The lowest BCUT2D eigenvalue weighted by atomic mass is 10.1. The molecule has 1 saturated heterocycles. The lowest BCUT2D eigenvalue weighted by molar-refractivity contribution is -0.137. The van der Waals surface area contributed by atoms with Crippen LogP contribution in [0.3, 0.4) is 0 Å². The molecule has 0 aliphatic carbocycles. The molecule has 23 heavy (non-hydrogen) atoms. The Morgan fingerprint density at radius 3 is 2.74 bits per heavy atom. The van der Waals surface area contributed by atoms with Gasteiger partial charge in [0.2, 0.25) is 0 Å². The predicted octanol–water partition coefficient (Wildman–Crippen LogP) is 2.80. The number of aliphatic imine (C=N–C) groups is 1. The van der Waals surface area contributed by atoms with E-state index < -0.39 is 33.7 Å². The van der Waals surface area contributed by atoms with Gasteiger partial charge < -0.3 is 4.90 Å². The molecule has 0 saturated carbocycles. The maximum Gasteiger partial charge on any atom is 0.416 e. The van der Waals surface area contributed by atoms with Crippen LogP contribution >= 0.6 is 11.8 Å². The highest BCUT2D eigenvalue weighted by Crippen LogP contribution is 2.37. The van der Waals surface area contributed by atoms with Crippen LogP contribution < -0.4 is 4.90 Å². The van der Waals surface area contributed by atoms with Gasteiger partial charge in [-0.1, -0.05) is 24.8 Å². The molecule has 2 aliphatic heterocycles. The second-order valence-corrected chi connectivity index (χ2v) is 8.86. The molecule has 3 rings (SSSR count). The van der Waals surface area contributed by atoms with Crippen LogP contribution in [0.5, 0.6) is 0 Å². The number of nitrogens with zero attached hydrogens (tertiary/aromatic N) is 2. The molecule has 2 aliphatic rings. The smallest absolute Gasteiger partial charge is 0.315 e. The first kappa shape index (κ1) is 16.6. The van der Waals surface area contributed by atoms with E-state index in [1.54, 1.807) is 11.0 Å². The van der Waals surface area contributed by atoms with E-state index in [1.807, 2.05) is 6.92 Å². The van der Waals surface area contributed by atoms with E-state index in [2.05, 4.69) is 4.99 Å². The summed E-state index contributed by atoms with van der Waals surface area (Å²) in [5, 5.41) is 0.594. The van der Waals surface area contributed by atoms with Crippen LogP contribution in [0.4, 0.5) is 18.9 Å². The SMILES string of the molecule is CCSC1=N[C@H]2CS(=O)(=O)C[C@H]2N1c1cccc(C(F)(F)F)c1. The first-order valence-corrected chi connectivity index (χ1v) is 9.89. The Balaban J connectivity index is 2.01. The fourth-order valence-electron chi connectivity index (χ4n) is 2.90. The predicted molar refractivity (Wildman–Crippen MR) is 85.7 cm³/mol. The van der Waals surface area contributed by atoms with Gasteiger partial charge >= 0.3 is 6.18 Å². The Morgan fingerprint density at radius 2 is 2.09 bits per heavy atom. The van der Waals surface area contributed by atoms with Gasteiger partial charge in [-0.05, 0) is 24.0 Å². The molecule has 2 heterocycles. The van der Waals surface area contributed by atoms with Gasteiger partial charge in [-0.2, -0.15) is 13.2 Å². The minimum absolute atomic E-state index is 0.0408. The molecule has 0 unspecified atom stereocenters. The Morgan fingerprint density at radius 1 is 1.35 bits per heavy atom. The Kier molecular flexibility index (Phi) is 4.12. The van der Waals surface area contributed by atoms with Crippen molar-refractivity contribution >= 4 is 32.5 Å². The van der Waals surface area contributed by atoms with E-state index in [9.17, 15) is 21.6 Å². The largest absolute Gasteiger partial charge is 0.416 e. The molecule has 0 aromatic heterocycles. The van der Waals surface area contributed by atoms with E-state index in [-0.39, 0.29) is 11.5 Å². The number of hydrogen-bond acceptors (Lipinski definition) is 5. The third-order valence-corrected chi connectivity index (χ3v) is 6.38. The fourth-order valence-corrected chi connectivity index (χ4v) is 5.59. The van der Waals surface area contributed by atoms with E-state index in [0.29, 0.717) is 16.6 Å². The molecular formula is C14H15F3N2O2S2. The van der Waals surface area contributed by atoms with Crippen molar-refractivity contribution in [3.05, 3.63) is 29.8 Å². The summed E-state index contributed by atoms with van der Waals surface area (Å²) in [5.41, 5.74) is -0.413. The molecular weight excluding hydrogens is 349 g/mol. The van der Waals surface area contributed by atoms with Gasteiger partial charge in [0.05, 0.1) is 29.2 Å². The first-order chi connectivity index (χ1) is 10.7. The highest BCUT2D eigenvalue weighted by molar-refractivity contribution is 8.14. The van der Waals surface area contributed by atoms with E-state index in [1.165, 1.54) is 17.8 Å². The topological polar surface area (TPSA) is 49.7 Å². The maximum atomic E-state index is 12.9. The van der Waals surface area contributed by atoms with Gasteiger partial charge in [-0.25, -0.2) is 8.42 Å². The molecule has 0 spiro atoms. The average molecular weight is 364 g/mol. The molecule has 0 radical (unpaired) electrons. The summed E-state index contributed by atoms with van der Waals surface area (Å²) < 4.78 is 62.5. The molecule has 9 heteroatoms. The molecule has 1 aromatic rings. The minimum atomic E-state index is -4.44. The zero-order valence-corrected chi connectivity index (χ0v) is 13.9. The zero-order valence-electron chi connectivity index (χ0n) is 12.2. The highest BCUT2D eigenvalue weighted by atomic mass is 32.2. The van der Waals surface area contributed by atoms with Crippen molar-refractivity contribution in [1.82, 2.24) is 0 Å². The zero-order chi connectivity index (χ0) is 16.8. The summed E-state index contributed by atoms with van der Waals surface area (Å²) >= 11 is 1.41. The third-order valence-electron chi connectivity index (χ3n) is 3.83. The van der Waals surface area contributed by atoms with Crippen molar-refractivity contribution in [2.45, 2.75) is 25.2 Å². The van der Waals surface area contributed by atoms with Gasteiger partial charge in [-0.3, -0.25) is 4.99 Å². The second kappa shape index (κ2) is 5.70. The van der Waals surface area contributed by atoms with Crippen LogP contribution in [0.1, 0.15) is 12.5 Å². The van der Waals surface area contributed by atoms with Crippen LogP contribution in [-0.2, 0) is 16.0 Å². The van der Waals surface area contributed by atoms with Crippen molar-refractivity contribution in [2.24, 2.45) is 4.99 Å². The Bertz CT molecular complexity index is 747. The molecule has 2 atom stereocenters.